The number of hydrogen-bond donors (Lipinski definition) is 2. The number of aromatic nitrogens is 1. The summed E-state index contributed by atoms with van der Waals surface area (Å²) in [6.45, 7) is 3.29. The van der Waals surface area contributed by atoms with Gasteiger partial charge in [-0.2, -0.15) is 0 Å². The molecule has 0 saturated carbocycles. The lowest BCUT2D eigenvalue weighted by atomic mass is 9.95. The monoisotopic (exact) mass is 287 g/mol. The van der Waals surface area contributed by atoms with Crippen molar-refractivity contribution in [1.29, 1.82) is 0 Å². The summed E-state index contributed by atoms with van der Waals surface area (Å²) < 4.78 is 0. The second-order valence-electron chi connectivity index (χ2n) is 4.97. The molecule has 1 aromatic heterocycles. The SMILES string of the molecule is Cc1ncc(CNC(=O)[C@H]2Cc3ccccc3CN2)s1. The van der Waals surface area contributed by atoms with Crippen LogP contribution in [-0.4, -0.2) is 16.9 Å². The molecule has 0 bridgehead atoms. The van der Waals surface area contributed by atoms with Gasteiger partial charge >= 0.3 is 0 Å². The van der Waals surface area contributed by atoms with Gasteiger partial charge < -0.3 is 10.6 Å². The highest BCUT2D eigenvalue weighted by atomic mass is 32.1. The van der Waals surface area contributed by atoms with Crippen molar-refractivity contribution in [2.24, 2.45) is 0 Å². The van der Waals surface area contributed by atoms with Crippen LogP contribution < -0.4 is 10.6 Å². The molecular formula is C15H17N3OS. The van der Waals surface area contributed by atoms with E-state index in [1.807, 2.05) is 25.3 Å². The minimum Gasteiger partial charge on any atom is -0.350 e. The summed E-state index contributed by atoms with van der Waals surface area (Å²) in [6, 6.07) is 8.13. The third-order valence-electron chi connectivity index (χ3n) is 3.50. The largest absolute Gasteiger partial charge is 0.350 e. The minimum atomic E-state index is -0.140. The maximum atomic E-state index is 12.2. The first-order chi connectivity index (χ1) is 9.72. The number of nitrogens with one attached hydrogen (secondary N) is 2. The van der Waals surface area contributed by atoms with Gasteiger partial charge in [0, 0.05) is 17.6 Å². The van der Waals surface area contributed by atoms with E-state index in [1.165, 1.54) is 11.1 Å². The highest BCUT2D eigenvalue weighted by molar-refractivity contribution is 7.11. The summed E-state index contributed by atoms with van der Waals surface area (Å²) in [4.78, 5) is 17.5. The van der Waals surface area contributed by atoms with Crippen molar-refractivity contribution in [3.63, 3.8) is 0 Å². The average molecular weight is 287 g/mol. The summed E-state index contributed by atoms with van der Waals surface area (Å²) >= 11 is 1.62. The minimum absolute atomic E-state index is 0.0607. The number of benzene rings is 1. The Bertz CT molecular complexity index is 623. The number of thiazole rings is 1. The third-order valence-corrected chi connectivity index (χ3v) is 4.42. The summed E-state index contributed by atoms with van der Waals surface area (Å²) in [5.74, 6) is 0.0607. The number of fused-ring (bicyclic) bond motifs is 1. The van der Waals surface area contributed by atoms with Crippen molar-refractivity contribution < 1.29 is 4.79 Å². The first-order valence-electron chi connectivity index (χ1n) is 6.71. The summed E-state index contributed by atoms with van der Waals surface area (Å²) in [5.41, 5.74) is 2.55. The Morgan fingerprint density at radius 2 is 2.25 bits per heavy atom. The molecule has 2 aromatic rings. The van der Waals surface area contributed by atoms with Crippen LogP contribution in [0.15, 0.2) is 30.5 Å². The maximum absolute atomic E-state index is 12.2. The van der Waals surface area contributed by atoms with Gasteiger partial charge in [-0.1, -0.05) is 24.3 Å². The van der Waals surface area contributed by atoms with Crippen LogP contribution in [0.5, 0.6) is 0 Å². The Kier molecular flexibility index (Phi) is 3.80. The molecule has 4 nitrogen and oxygen atoms in total. The molecule has 1 amide bonds. The lowest BCUT2D eigenvalue weighted by Crippen LogP contribution is -2.47. The zero-order chi connectivity index (χ0) is 13.9. The van der Waals surface area contributed by atoms with Crippen LogP contribution >= 0.6 is 11.3 Å². The van der Waals surface area contributed by atoms with Gasteiger partial charge in [0.2, 0.25) is 5.91 Å². The summed E-state index contributed by atoms with van der Waals surface area (Å²) in [7, 11) is 0. The van der Waals surface area contributed by atoms with Crippen LogP contribution in [0.4, 0.5) is 0 Å². The molecule has 5 heteroatoms. The van der Waals surface area contributed by atoms with Crippen LogP contribution in [0.2, 0.25) is 0 Å². The smallest absolute Gasteiger partial charge is 0.237 e. The number of hydrogen-bond acceptors (Lipinski definition) is 4. The van der Waals surface area contributed by atoms with Gasteiger partial charge in [0.25, 0.3) is 0 Å². The molecule has 0 radical (unpaired) electrons. The molecule has 0 aliphatic carbocycles. The second-order valence-corrected chi connectivity index (χ2v) is 6.29. The van der Waals surface area contributed by atoms with Crippen LogP contribution in [0.25, 0.3) is 0 Å². The molecule has 0 fully saturated rings. The predicted octanol–water partition coefficient (Wildman–Crippen LogP) is 1.78. The normalized spacial score (nSPS) is 17.6. The van der Waals surface area contributed by atoms with Gasteiger partial charge in [0.15, 0.2) is 0 Å². The Morgan fingerprint density at radius 3 is 3.00 bits per heavy atom. The van der Waals surface area contributed by atoms with Crippen LogP contribution in [-0.2, 0) is 24.3 Å². The van der Waals surface area contributed by atoms with Crippen LogP contribution in [0.3, 0.4) is 0 Å². The van der Waals surface area contributed by atoms with Crippen molar-refractivity contribution in [3.8, 4) is 0 Å². The molecule has 1 aliphatic heterocycles. The second kappa shape index (κ2) is 5.73. The first kappa shape index (κ1) is 13.3. The molecule has 1 aliphatic rings. The molecule has 0 unspecified atom stereocenters. The van der Waals surface area contributed by atoms with Crippen molar-refractivity contribution in [2.45, 2.75) is 32.5 Å². The van der Waals surface area contributed by atoms with E-state index in [0.717, 1.165) is 22.9 Å². The fourth-order valence-corrected chi connectivity index (χ4v) is 3.16. The fraction of sp³-hybridized carbons (Fsp3) is 0.333. The van der Waals surface area contributed by atoms with Crippen LogP contribution in [0, 0.1) is 6.92 Å². The quantitative estimate of drug-likeness (QED) is 0.905. The van der Waals surface area contributed by atoms with E-state index < -0.39 is 0 Å². The van der Waals surface area contributed by atoms with E-state index in [9.17, 15) is 4.79 Å². The van der Waals surface area contributed by atoms with Gasteiger partial charge in [-0.25, -0.2) is 4.98 Å². The molecule has 3 rings (SSSR count). The molecule has 20 heavy (non-hydrogen) atoms. The van der Waals surface area contributed by atoms with Gasteiger partial charge in [-0.15, -0.1) is 11.3 Å². The zero-order valence-electron chi connectivity index (χ0n) is 11.3. The molecule has 2 N–H and O–H groups in total. The predicted molar refractivity (Wildman–Crippen MR) is 79.5 cm³/mol. The van der Waals surface area contributed by atoms with Crippen molar-refractivity contribution in [2.75, 3.05) is 0 Å². The fourth-order valence-electron chi connectivity index (χ4n) is 2.42. The Hall–Kier alpha value is -1.72. The number of carbonyl (C=O) groups is 1. The topological polar surface area (TPSA) is 54.0 Å². The van der Waals surface area contributed by atoms with E-state index in [-0.39, 0.29) is 11.9 Å². The van der Waals surface area contributed by atoms with Gasteiger partial charge in [-0.3, -0.25) is 4.79 Å². The van der Waals surface area contributed by atoms with Gasteiger partial charge in [0.1, 0.15) is 0 Å². The average Bonchev–Trinajstić information content (AvgIpc) is 2.90. The van der Waals surface area contributed by atoms with Gasteiger partial charge in [0.05, 0.1) is 17.6 Å². The highest BCUT2D eigenvalue weighted by Crippen LogP contribution is 2.16. The van der Waals surface area contributed by atoms with E-state index in [4.69, 9.17) is 0 Å². The Morgan fingerprint density at radius 1 is 1.45 bits per heavy atom. The van der Waals surface area contributed by atoms with Crippen molar-refractivity contribution >= 4 is 17.2 Å². The van der Waals surface area contributed by atoms with E-state index >= 15 is 0 Å². The highest BCUT2D eigenvalue weighted by Gasteiger charge is 2.23. The van der Waals surface area contributed by atoms with Crippen molar-refractivity contribution in [3.05, 3.63) is 51.5 Å². The zero-order valence-corrected chi connectivity index (χ0v) is 12.2. The molecule has 1 atom stereocenters. The van der Waals surface area contributed by atoms with Crippen molar-refractivity contribution in [1.82, 2.24) is 15.6 Å². The molecular weight excluding hydrogens is 270 g/mol. The lowest BCUT2D eigenvalue weighted by molar-refractivity contribution is -0.123. The van der Waals surface area contributed by atoms with E-state index in [0.29, 0.717) is 6.54 Å². The number of rotatable bonds is 3. The number of nitrogens with zero attached hydrogens (tertiary/aromatic N) is 1. The van der Waals surface area contributed by atoms with E-state index in [1.54, 1.807) is 11.3 Å². The summed E-state index contributed by atoms with van der Waals surface area (Å²) in [5, 5.41) is 7.30. The Labute approximate surface area is 122 Å². The summed E-state index contributed by atoms with van der Waals surface area (Å²) in [6.07, 6.45) is 2.58. The molecule has 104 valence electrons. The molecule has 2 heterocycles. The molecule has 1 aromatic carbocycles. The number of carbonyl (C=O) groups excluding carboxylic acids is 1. The molecule has 0 saturated heterocycles. The number of aryl methyl sites for hydroxylation is 1. The number of amides is 1. The van der Waals surface area contributed by atoms with E-state index in [2.05, 4.69) is 27.8 Å². The lowest BCUT2D eigenvalue weighted by Gasteiger charge is -2.25. The van der Waals surface area contributed by atoms with Gasteiger partial charge in [-0.05, 0) is 24.5 Å². The Balaban J connectivity index is 1.59. The standard InChI is InChI=1S/C15H17N3OS/c1-10-16-8-13(20-10)9-18-15(19)14-6-11-4-2-3-5-12(11)7-17-14/h2-5,8,14,17H,6-7,9H2,1H3,(H,18,19)/t14-/m1/s1. The van der Waals surface area contributed by atoms with Crippen LogP contribution in [0.1, 0.15) is 21.0 Å². The molecule has 0 spiro atoms. The first-order valence-corrected chi connectivity index (χ1v) is 7.53. The third kappa shape index (κ3) is 2.89. The maximum Gasteiger partial charge on any atom is 0.237 e.